The van der Waals surface area contributed by atoms with Crippen LogP contribution < -0.4 is 5.56 Å². The van der Waals surface area contributed by atoms with Gasteiger partial charge >= 0.3 is 6.18 Å². The summed E-state index contributed by atoms with van der Waals surface area (Å²) in [5, 5.41) is 0. The average Bonchev–Trinajstić information content (AvgIpc) is 2.45. The number of carbonyl (C=O) groups is 1. The molecule has 0 aliphatic heterocycles. The molecule has 0 unspecified atom stereocenters. The molecule has 0 aliphatic rings. The molecule has 4 nitrogen and oxygen atoms in total. The first-order valence-electron chi connectivity index (χ1n) is 7.21. The number of nitrogens with zero attached hydrogens (tertiary/aromatic N) is 1. The Bertz CT molecular complexity index is 825. The van der Waals surface area contributed by atoms with E-state index >= 15 is 0 Å². The number of carbonyl (C=O) groups excluding carboxylic acids is 1. The SMILES string of the molecule is Cc1cc(C)c(C(=O)N(C)Cc2cccc(C(F)(F)F)c2)c(=O)[nH]1. The molecule has 2 rings (SSSR count). The van der Waals surface area contributed by atoms with E-state index in [0.717, 1.165) is 12.1 Å². The lowest BCUT2D eigenvalue weighted by Crippen LogP contribution is -2.32. The fourth-order valence-corrected chi connectivity index (χ4v) is 2.50. The summed E-state index contributed by atoms with van der Waals surface area (Å²) in [4.78, 5) is 28.2. The highest BCUT2D eigenvalue weighted by molar-refractivity contribution is 5.95. The Balaban J connectivity index is 2.26. The molecular weight excluding hydrogens is 321 g/mol. The van der Waals surface area contributed by atoms with Crippen LogP contribution in [0.15, 0.2) is 35.1 Å². The number of halogens is 3. The van der Waals surface area contributed by atoms with Crippen molar-refractivity contribution < 1.29 is 18.0 Å². The van der Waals surface area contributed by atoms with Crippen molar-refractivity contribution in [2.75, 3.05) is 7.05 Å². The van der Waals surface area contributed by atoms with Gasteiger partial charge in [0.25, 0.3) is 11.5 Å². The van der Waals surface area contributed by atoms with Gasteiger partial charge in [-0.1, -0.05) is 12.1 Å². The Kier molecular flexibility index (Phi) is 4.82. The molecule has 0 bridgehead atoms. The topological polar surface area (TPSA) is 53.2 Å². The molecule has 2 aromatic rings. The zero-order chi connectivity index (χ0) is 18.1. The van der Waals surface area contributed by atoms with Crippen LogP contribution in [-0.2, 0) is 12.7 Å². The van der Waals surface area contributed by atoms with Gasteiger partial charge in [0, 0.05) is 19.3 Å². The van der Waals surface area contributed by atoms with Gasteiger partial charge in [-0.3, -0.25) is 9.59 Å². The first-order valence-corrected chi connectivity index (χ1v) is 7.21. The summed E-state index contributed by atoms with van der Waals surface area (Å²) in [5.74, 6) is -0.536. The van der Waals surface area contributed by atoms with E-state index in [9.17, 15) is 22.8 Å². The smallest absolute Gasteiger partial charge is 0.337 e. The number of hydrogen-bond acceptors (Lipinski definition) is 2. The van der Waals surface area contributed by atoms with E-state index < -0.39 is 23.2 Å². The maximum atomic E-state index is 12.7. The number of alkyl halides is 3. The largest absolute Gasteiger partial charge is 0.416 e. The van der Waals surface area contributed by atoms with Gasteiger partial charge in [-0.05, 0) is 43.2 Å². The minimum Gasteiger partial charge on any atom is -0.337 e. The van der Waals surface area contributed by atoms with Crippen molar-refractivity contribution >= 4 is 5.91 Å². The van der Waals surface area contributed by atoms with Gasteiger partial charge in [-0.25, -0.2) is 0 Å². The van der Waals surface area contributed by atoms with Crippen molar-refractivity contribution in [2.45, 2.75) is 26.6 Å². The van der Waals surface area contributed by atoms with Gasteiger partial charge in [-0.2, -0.15) is 13.2 Å². The van der Waals surface area contributed by atoms with Crippen molar-refractivity contribution in [2.24, 2.45) is 0 Å². The molecule has 1 aromatic carbocycles. The number of pyridine rings is 1. The second kappa shape index (κ2) is 6.51. The van der Waals surface area contributed by atoms with Crippen LogP contribution >= 0.6 is 0 Å². The third kappa shape index (κ3) is 3.84. The lowest BCUT2D eigenvalue weighted by molar-refractivity contribution is -0.137. The van der Waals surface area contributed by atoms with Crippen molar-refractivity contribution in [3.63, 3.8) is 0 Å². The van der Waals surface area contributed by atoms with Gasteiger partial charge in [0.2, 0.25) is 0 Å². The molecule has 1 heterocycles. The fraction of sp³-hybridized carbons (Fsp3) is 0.294. The minimum atomic E-state index is -4.44. The highest BCUT2D eigenvalue weighted by Gasteiger charge is 2.30. The summed E-state index contributed by atoms with van der Waals surface area (Å²) in [6, 6.07) is 6.44. The van der Waals surface area contributed by atoms with Gasteiger partial charge in [-0.15, -0.1) is 0 Å². The average molecular weight is 338 g/mol. The number of amides is 1. The van der Waals surface area contributed by atoms with Gasteiger partial charge in [0.15, 0.2) is 0 Å². The van der Waals surface area contributed by atoms with Crippen LogP contribution in [0, 0.1) is 13.8 Å². The monoisotopic (exact) mass is 338 g/mol. The molecule has 0 fully saturated rings. The van der Waals surface area contributed by atoms with Crippen molar-refractivity contribution in [3.8, 4) is 0 Å². The van der Waals surface area contributed by atoms with E-state index in [1.54, 1.807) is 19.9 Å². The fourth-order valence-electron chi connectivity index (χ4n) is 2.50. The lowest BCUT2D eigenvalue weighted by Gasteiger charge is -2.19. The summed E-state index contributed by atoms with van der Waals surface area (Å²) in [6.45, 7) is 3.32. The number of aryl methyl sites for hydroxylation is 2. The van der Waals surface area contributed by atoms with Gasteiger partial charge in [0.05, 0.1) is 5.56 Å². The maximum Gasteiger partial charge on any atom is 0.416 e. The quantitative estimate of drug-likeness (QED) is 0.934. The maximum absolute atomic E-state index is 12.7. The zero-order valence-electron chi connectivity index (χ0n) is 13.5. The van der Waals surface area contributed by atoms with Crippen molar-refractivity contribution in [3.05, 3.63) is 68.6 Å². The molecule has 1 N–H and O–H groups in total. The molecule has 0 atom stereocenters. The molecule has 0 radical (unpaired) electrons. The minimum absolute atomic E-state index is 0.00456. The molecule has 128 valence electrons. The number of benzene rings is 1. The van der Waals surface area contributed by atoms with Crippen LogP contribution in [0.25, 0.3) is 0 Å². The second-order valence-electron chi connectivity index (χ2n) is 5.70. The Morgan fingerprint density at radius 3 is 2.46 bits per heavy atom. The number of rotatable bonds is 3. The van der Waals surface area contributed by atoms with E-state index in [1.807, 2.05) is 0 Å². The van der Waals surface area contributed by atoms with Gasteiger partial charge < -0.3 is 9.88 Å². The molecule has 0 spiro atoms. The third-order valence-corrected chi connectivity index (χ3v) is 3.60. The van der Waals surface area contributed by atoms with Crippen LogP contribution in [-0.4, -0.2) is 22.8 Å². The van der Waals surface area contributed by atoms with Crippen LogP contribution in [0.2, 0.25) is 0 Å². The summed E-state index contributed by atoms with van der Waals surface area (Å²) in [7, 11) is 1.45. The van der Waals surface area contributed by atoms with Crippen molar-refractivity contribution in [1.29, 1.82) is 0 Å². The van der Waals surface area contributed by atoms with E-state index in [1.165, 1.54) is 24.1 Å². The number of aromatic amines is 1. The Hall–Kier alpha value is -2.57. The predicted molar refractivity (Wildman–Crippen MR) is 83.8 cm³/mol. The first-order chi connectivity index (χ1) is 11.1. The number of H-pyrrole nitrogens is 1. The molecule has 0 aliphatic carbocycles. The molecule has 0 saturated heterocycles. The van der Waals surface area contributed by atoms with Gasteiger partial charge in [0.1, 0.15) is 5.56 Å². The van der Waals surface area contributed by atoms with E-state index in [0.29, 0.717) is 16.8 Å². The van der Waals surface area contributed by atoms with E-state index in [-0.39, 0.29) is 12.1 Å². The highest BCUT2D eigenvalue weighted by atomic mass is 19.4. The first kappa shape index (κ1) is 17.8. The molecule has 0 saturated carbocycles. The molecule has 1 aromatic heterocycles. The van der Waals surface area contributed by atoms with Crippen LogP contribution in [0.1, 0.15) is 32.7 Å². The lowest BCUT2D eigenvalue weighted by atomic mass is 10.1. The Morgan fingerprint density at radius 1 is 1.21 bits per heavy atom. The van der Waals surface area contributed by atoms with Crippen molar-refractivity contribution in [1.82, 2.24) is 9.88 Å². The zero-order valence-corrected chi connectivity index (χ0v) is 13.5. The third-order valence-electron chi connectivity index (χ3n) is 3.60. The normalized spacial score (nSPS) is 11.4. The van der Waals surface area contributed by atoms with Crippen LogP contribution in [0.5, 0.6) is 0 Å². The molecule has 7 heteroatoms. The Labute approximate surface area is 136 Å². The summed E-state index contributed by atoms with van der Waals surface area (Å²) < 4.78 is 38.2. The summed E-state index contributed by atoms with van der Waals surface area (Å²) in [5.41, 5.74) is 0.210. The second-order valence-corrected chi connectivity index (χ2v) is 5.70. The number of nitrogens with one attached hydrogen (secondary N) is 1. The Morgan fingerprint density at radius 2 is 1.88 bits per heavy atom. The molecule has 1 amide bonds. The van der Waals surface area contributed by atoms with E-state index in [2.05, 4.69) is 4.98 Å². The van der Waals surface area contributed by atoms with E-state index in [4.69, 9.17) is 0 Å². The predicted octanol–water partition coefficient (Wildman–Crippen LogP) is 3.28. The molecular formula is C17H17F3N2O2. The summed E-state index contributed by atoms with van der Waals surface area (Å²) in [6.07, 6.45) is -4.44. The molecule has 24 heavy (non-hydrogen) atoms. The number of hydrogen-bond donors (Lipinski definition) is 1. The van der Waals surface area contributed by atoms with Crippen LogP contribution in [0.3, 0.4) is 0 Å². The summed E-state index contributed by atoms with van der Waals surface area (Å²) >= 11 is 0. The van der Waals surface area contributed by atoms with Crippen LogP contribution in [0.4, 0.5) is 13.2 Å². The standard InChI is InChI=1S/C17H17F3N2O2/c1-10-7-11(2)21-15(23)14(10)16(24)22(3)9-12-5-4-6-13(8-12)17(18,19)20/h4-8H,9H2,1-3H3,(H,21,23). The highest BCUT2D eigenvalue weighted by Crippen LogP contribution is 2.29. The number of aromatic nitrogens is 1.